The van der Waals surface area contributed by atoms with Gasteiger partial charge in [-0.15, -0.1) is 0 Å². The van der Waals surface area contributed by atoms with Crippen molar-refractivity contribution in [3.05, 3.63) is 0 Å². The number of rotatable bonds is 5. The first-order valence-electron chi connectivity index (χ1n) is 5.59. The molecule has 0 bridgehead atoms. The Kier molecular flexibility index (Phi) is 6.14. The minimum absolute atomic E-state index is 0.357. The molecule has 6 heteroatoms. The number of hydrazine groups is 1. The number of methoxy groups -OCH3 is 2. The van der Waals surface area contributed by atoms with E-state index in [2.05, 4.69) is 15.7 Å². The van der Waals surface area contributed by atoms with Crippen LogP contribution in [0.1, 0.15) is 19.3 Å². The van der Waals surface area contributed by atoms with Gasteiger partial charge in [0.15, 0.2) is 0 Å². The average molecular weight is 230 g/mol. The van der Waals surface area contributed by atoms with Crippen LogP contribution in [0, 0.1) is 0 Å². The van der Waals surface area contributed by atoms with Gasteiger partial charge >= 0.3 is 0 Å². The molecule has 1 aliphatic rings. The minimum atomic E-state index is 0.357. The van der Waals surface area contributed by atoms with Crippen molar-refractivity contribution >= 4 is 5.96 Å². The SMILES string of the molecule is COCCN=C(NN)NC1CCC(OC)C1. The van der Waals surface area contributed by atoms with Gasteiger partial charge in [0.1, 0.15) is 0 Å². The van der Waals surface area contributed by atoms with Gasteiger partial charge < -0.3 is 14.8 Å². The third-order valence-corrected chi connectivity index (χ3v) is 2.76. The van der Waals surface area contributed by atoms with Crippen molar-refractivity contribution in [1.29, 1.82) is 0 Å². The molecule has 94 valence electrons. The number of nitrogens with one attached hydrogen (secondary N) is 2. The van der Waals surface area contributed by atoms with E-state index in [1.54, 1.807) is 14.2 Å². The van der Waals surface area contributed by atoms with Crippen molar-refractivity contribution in [1.82, 2.24) is 10.7 Å². The molecule has 0 aromatic rings. The highest BCUT2D eigenvalue weighted by atomic mass is 16.5. The van der Waals surface area contributed by atoms with Gasteiger partial charge in [-0.2, -0.15) is 0 Å². The van der Waals surface area contributed by atoms with Gasteiger partial charge in [0, 0.05) is 20.3 Å². The van der Waals surface area contributed by atoms with Crippen molar-refractivity contribution in [3.8, 4) is 0 Å². The number of ether oxygens (including phenoxy) is 2. The van der Waals surface area contributed by atoms with Gasteiger partial charge in [0.2, 0.25) is 5.96 Å². The molecule has 16 heavy (non-hydrogen) atoms. The maximum atomic E-state index is 5.38. The summed E-state index contributed by atoms with van der Waals surface area (Å²) < 4.78 is 10.2. The third kappa shape index (κ3) is 4.34. The smallest absolute Gasteiger partial charge is 0.206 e. The number of aliphatic imine (C=N–C) groups is 1. The Hall–Kier alpha value is -0.850. The van der Waals surface area contributed by atoms with E-state index in [1.807, 2.05) is 0 Å². The zero-order chi connectivity index (χ0) is 11.8. The van der Waals surface area contributed by atoms with Crippen LogP contribution in [0.4, 0.5) is 0 Å². The van der Waals surface area contributed by atoms with Crippen LogP contribution in [0.3, 0.4) is 0 Å². The predicted octanol–water partition coefficient (Wildman–Crippen LogP) is -0.391. The molecule has 1 fully saturated rings. The standard InChI is InChI=1S/C10H22N4O2/c1-15-6-5-12-10(14-11)13-8-3-4-9(7-8)16-2/h8-9H,3-7,11H2,1-2H3,(H2,12,13,14). The molecule has 4 N–H and O–H groups in total. The lowest BCUT2D eigenvalue weighted by Gasteiger charge is -2.15. The normalized spacial score (nSPS) is 25.8. The summed E-state index contributed by atoms with van der Waals surface area (Å²) in [6, 6.07) is 0.391. The molecule has 0 heterocycles. The summed E-state index contributed by atoms with van der Waals surface area (Å²) in [5, 5.41) is 3.27. The molecule has 1 rings (SSSR count). The summed E-state index contributed by atoms with van der Waals surface area (Å²) in [5.74, 6) is 6.01. The molecule has 0 radical (unpaired) electrons. The lowest BCUT2D eigenvalue weighted by molar-refractivity contribution is 0.107. The van der Waals surface area contributed by atoms with Gasteiger partial charge in [-0.25, -0.2) is 10.8 Å². The van der Waals surface area contributed by atoms with Crippen molar-refractivity contribution in [2.24, 2.45) is 10.8 Å². The molecule has 2 unspecified atom stereocenters. The van der Waals surface area contributed by atoms with Crippen molar-refractivity contribution < 1.29 is 9.47 Å². The van der Waals surface area contributed by atoms with Crippen LogP contribution in [0.15, 0.2) is 4.99 Å². The van der Waals surface area contributed by atoms with Gasteiger partial charge in [0.25, 0.3) is 0 Å². The molecule has 1 saturated carbocycles. The van der Waals surface area contributed by atoms with Gasteiger partial charge in [-0.1, -0.05) is 0 Å². The largest absolute Gasteiger partial charge is 0.383 e. The number of hydrogen-bond donors (Lipinski definition) is 3. The van der Waals surface area contributed by atoms with Crippen LogP contribution in [-0.4, -0.2) is 45.5 Å². The van der Waals surface area contributed by atoms with Crippen LogP contribution in [0.25, 0.3) is 0 Å². The van der Waals surface area contributed by atoms with Crippen molar-refractivity contribution in [2.45, 2.75) is 31.4 Å². The summed E-state index contributed by atoms with van der Waals surface area (Å²) in [4.78, 5) is 4.25. The van der Waals surface area contributed by atoms with E-state index in [1.165, 1.54) is 0 Å². The van der Waals surface area contributed by atoms with E-state index < -0.39 is 0 Å². The quantitative estimate of drug-likeness (QED) is 0.197. The summed E-state index contributed by atoms with van der Waals surface area (Å²) >= 11 is 0. The molecule has 0 aromatic heterocycles. The zero-order valence-electron chi connectivity index (χ0n) is 10.0. The number of hydrogen-bond acceptors (Lipinski definition) is 4. The Morgan fingerprint density at radius 3 is 2.81 bits per heavy atom. The van der Waals surface area contributed by atoms with E-state index >= 15 is 0 Å². The highest BCUT2D eigenvalue weighted by Gasteiger charge is 2.24. The third-order valence-electron chi connectivity index (χ3n) is 2.76. The van der Waals surface area contributed by atoms with Crippen molar-refractivity contribution in [3.63, 3.8) is 0 Å². The minimum Gasteiger partial charge on any atom is -0.383 e. The number of nitrogens with zero attached hydrogens (tertiary/aromatic N) is 1. The summed E-state index contributed by atoms with van der Waals surface area (Å²) in [7, 11) is 3.40. The molecular weight excluding hydrogens is 208 g/mol. The fourth-order valence-electron chi connectivity index (χ4n) is 1.86. The van der Waals surface area contributed by atoms with Gasteiger partial charge in [0.05, 0.1) is 19.3 Å². The van der Waals surface area contributed by atoms with Crippen LogP contribution < -0.4 is 16.6 Å². The van der Waals surface area contributed by atoms with Crippen LogP contribution in [0.2, 0.25) is 0 Å². The first-order chi connectivity index (χ1) is 7.80. The molecule has 0 aromatic carbocycles. The van der Waals surface area contributed by atoms with E-state index in [9.17, 15) is 0 Å². The van der Waals surface area contributed by atoms with E-state index in [0.717, 1.165) is 19.3 Å². The second-order valence-corrected chi connectivity index (χ2v) is 3.88. The highest BCUT2D eigenvalue weighted by Crippen LogP contribution is 2.21. The maximum absolute atomic E-state index is 5.38. The first kappa shape index (κ1) is 13.2. The second-order valence-electron chi connectivity index (χ2n) is 3.88. The zero-order valence-corrected chi connectivity index (χ0v) is 10.0. The van der Waals surface area contributed by atoms with Crippen molar-refractivity contribution in [2.75, 3.05) is 27.4 Å². The monoisotopic (exact) mass is 230 g/mol. The summed E-state index contributed by atoms with van der Waals surface area (Å²) in [6.45, 7) is 1.20. The van der Waals surface area contributed by atoms with E-state index in [-0.39, 0.29) is 0 Å². The lowest BCUT2D eigenvalue weighted by atomic mass is 10.2. The molecule has 0 aliphatic heterocycles. The second kappa shape index (κ2) is 7.43. The van der Waals surface area contributed by atoms with Crippen LogP contribution in [0.5, 0.6) is 0 Å². The van der Waals surface area contributed by atoms with Gasteiger partial charge in [-0.3, -0.25) is 5.43 Å². The Balaban J connectivity index is 2.30. The van der Waals surface area contributed by atoms with E-state index in [0.29, 0.717) is 31.3 Å². The molecule has 1 aliphatic carbocycles. The molecule has 0 amide bonds. The van der Waals surface area contributed by atoms with Crippen LogP contribution >= 0.6 is 0 Å². The fourth-order valence-corrected chi connectivity index (χ4v) is 1.86. The number of guanidine groups is 1. The Bertz CT molecular complexity index is 223. The fraction of sp³-hybridized carbons (Fsp3) is 0.900. The molecular formula is C10H22N4O2. The molecule has 0 spiro atoms. The predicted molar refractivity (Wildman–Crippen MR) is 63.1 cm³/mol. The summed E-state index contributed by atoms with van der Waals surface area (Å²) in [5.41, 5.74) is 2.56. The van der Waals surface area contributed by atoms with E-state index in [4.69, 9.17) is 15.3 Å². The molecule has 2 atom stereocenters. The first-order valence-corrected chi connectivity index (χ1v) is 5.59. The maximum Gasteiger partial charge on any atom is 0.206 e. The number of nitrogens with two attached hydrogens (primary N) is 1. The average Bonchev–Trinajstić information content (AvgIpc) is 2.75. The topological polar surface area (TPSA) is 80.9 Å². The lowest BCUT2D eigenvalue weighted by Crippen LogP contribution is -2.46. The Morgan fingerprint density at radius 2 is 2.25 bits per heavy atom. The summed E-state index contributed by atoms with van der Waals surface area (Å²) in [6.07, 6.45) is 3.53. The molecule has 0 saturated heterocycles. The Morgan fingerprint density at radius 1 is 1.44 bits per heavy atom. The molecule has 6 nitrogen and oxygen atoms in total. The Labute approximate surface area is 96.6 Å². The highest BCUT2D eigenvalue weighted by molar-refractivity contribution is 5.79. The van der Waals surface area contributed by atoms with Crippen LogP contribution in [-0.2, 0) is 9.47 Å². The van der Waals surface area contributed by atoms with Gasteiger partial charge in [-0.05, 0) is 19.3 Å².